The van der Waals surface area contributed by atoms with Crippen LogP contribution in [0.4, 0.5) is 5.82 Å². The van der Waals surface area contributed by atoms with Gasteiger partial charge in [0.2, 0.25) is 0 Å². The number of hydrogen-bond donors (Lipinski definition) is 1. The Balaban J connectivity index is 2.52. The molecule has 1 aromatic rings. The second-order valence-corrected chi connectivity index (χ2v) is 2.99. The van der Waals surface area contributed by atoms with Crippen LogP contribution in [0.2, 0.25) is 0 Å². The minimum absolute atomic E-state index is 0.259. The van der Waals surface area contributed by atoms with E-state index in [2.05, 4.69) is 10.9 Å². The van der Waals surface area contributed by atoms with Gasteiger partial charge in [-0.15, -0.1) is 12.3 Å². The average molecular weight is 191 g/mol. The van der Waals surface area contributed by atoms with Gasteiger partial charge in [-0.2, -0.15) is 4.98 Å². The van der Waals surface area contributed by atoms with E-state index in [0.717, 1.165) is 19.3 Å². The summed E-state index contributed by atoms with van der Waals surface area (Å²) in [5, 5.41) is 0. The molecular weight excluding hydrogens is 178 g/mol. The Morgan fingerprint density at radius 1 is 1.57 bits per heavy atom. The number of terminal acetylenes is 1. The van der Waals surface area contributed by atoms with Crippen molar-refractivity contribution in [1.29, 1.82) is 0 Å². The van der Waals surface area contributed by atoms with Crippen molar-refractivity contribution < 1.29 is 0 Å². The summed E-state index contributed by atoms with van der Waals surface area (Å²) in [6.45, 7) is 0.647. The molecule has 0 atom stereocenters. The summed E-state index contributed by atoms with van der Waals surface area (Å²) < 4.78 is 1.53. The minimum atomic E-state index is -0.300. The van der Waals surface area contributed by atoms with Gasteiger partial charge in [-0.25, -0.2) is 4.79 Å². The van der Waals surface area contributed by atoms with E-state index in [4.69, 9.17) is 12.2 Å². The highest BCUT2D eigenvalue weighted by atomic mass is 16.1. The summed E-state index contributed by atoms with van der Waals surface area (Å²) in [6.07, 6.45) is 9.32. The van der Waals surface area contributed by atoms with Crippen LogP contribution in [-0.4, -0.2) is 9.55 Å². The molecule has 74 valence electrons. The van der Waals surface area contributed by atoms with Crippen LogP contribution in [0.5, 0.6) is 0 Å². The molecule has 0 radical (unpaired) electrons. The van der Waals surface area contributed by atoms with Crippen molar-refractivity contribution in [2.75, 3.05) is 5.73 Å². The van der Waals surface area contributed by atoms with Crippen LogP contribution in [-0.2, 0) is 6.54 Å². The summed E-state index contributed by atoms with van der Waals surface area (Å²) in [7, 11) is 0. The Bertz CT molecular complexity index is 389. The maximum atomic E-state index is 11.2. The third kappa shape index (κ3) is 2.94. The van der Waals surface area contributed by atoms with E-state index in [1.165, 1.54) is 4.57 Å². The topological polar surface area (TPSA) is 60.9 Å². The smallest absolute Gasteiger partial charge is 0.349 e. The van der Waals surface area contributed by atoms with Crippen molar-refractivity contribution >= 4 is 5.82 Å². The van der Waals surface area contributed by atoms with Gasteiger partial charge in [-0.05, 0) is 18.9 Å². The first-order valence-electron chi connectivity index (χ1n) is 4.50. The summed E-state index contributed by atoms with van der Waals surface area (Å²) in [4.78, 5) is 14.9. The van der Waals surface area contributed by atoms with E-state index < -0.39 is 0 Å². The lowest BCUT2D eigenvalue weighted by molar-refractivity contribution is 0.589. The fourth-order valence-corrected chi connectivity index (χ4v) is 1.12. The zero-order valence-corrected chi connectivity index (χ0v) is 7.94. The first kappa shape index (κ1) is 10.3. The lowest BCUT2D eigenvalue weighted by Gasteiger charge is -2.03. The molecular formula is C10H13N3O. The van der Waals surface area contributed by atoms with Crippen LogP contribution in [0.1, 0.15) is 19.3 Å². The van der Waals surface area contributed by atoms with Crippen LogP contribution in [0, 0.1) is 12.3 Å². The number of anilines is 1. The van der Waals surface area contributed by atoms with Crippen molar-refractivity contribution in [3.63, 3.8) is 0 Å². The van der Waals surface area contributed by atoms with Gasteiger partial charge in [0.25, 0.3) is 0 Å². The molecule has 0 fully saturated rings. The van der Waals surface area contributed by atoms with Gasteiger partial charge in [0.15, 0.2) is 0 Å². The van der Waals surface area contributed by atoms with Gasteiger partial charge in [0.05, 0.1) is 0 Å². The molecule has 1 rings (SSSR count). The predicted molar refractivity (Wildman–Crippen MR) is 55.6 cm³/mol. The number of aryl methyl sites for hydroxylation is 1. The molecule has 1 aromatic heterocycles. The standard InChI is InChI=1S/C10H13N3O/c1-2-3-4-5-7-13-8-6-9(11)12-10(13)14/h1,6,8H,3-5,7H2,(H2,11,12,14). The molecule has 14 heavy (non-hydrogen) atoms. The minimum Gasteiger partial charge on any atom is -0.383 e. The molecule has 0 aliphatic carbocycles. The van der Waals surface area contributed by atoms with E-state index >= 15 is 0 Å². The van der Waals surface area contributed by atoms with Crippen molar-refractivity contribution in [2.45, 2.75) is 25.8 Å². The molecule has 0 aliphatic heterocycles. The van der Waals surface area contributed by atoms with Crippen molar-refractivity contribution in [2.24, 2.45) is 0 Å². The van der Waals surface area contributed by atoms with Crippen LogP contribution >= 0.6 is 0 Å². The molecule has 0 saturated carbocycles. The molecule has 4 heteroatoms. The molecule has 2 N–H and O–H groups in total. The van der Waals surface area contributed by atoms with Crippen LogP contribution in [0.25, 0.3) is 0 Å². The molecule has 1 heterocycles. The normalized spacial score (nSPS) is 9.64. The van der Waals surface area contributed by atoms with Gasteiger partial charge >= 0.3 is 5.69 Å². The number of hydrogen-bond acceptors (Lipinski definition) is 3. The van der Waals surface area contributed by atoms with Gasteiger partial charge in [0.1, 0.15) is 5.82 Å². The second-order valence-electron chi connectivity index (χ2n) is 2.99. The highest BCUT2D eigenvalue weighted by Gasteiger charge is 1.96. The number of nitrogens with two attached hydrogens (primary N) is 1. The summed E-state index contributed by atoms with van der Waals surface area (Å²) in [6, 6.07) is 1.61. The first-order chi connectivity index (χ1) is 6.74. The van der Waals surface area contributed by atoms with Crippen LogP contribution < -0.4 is 11.4 Å². The summed E-state index contributed by atoms with van der Waals surface area (Å²) in [5.41, 5.74) is 5.05. The Morgan fingerprint density at radius 3 is 3.00 bits per heavy atom. The van der Waals surface area contributed by atoms with Gasteiger partial charge in [-0.3, -0.25) is 4.57 Å². The van der Waals surface area contributed by atoms with E-state index in [1.807, 2.05) is 0 Å². The molecule has 0 spiro atoms. The molecule has 4 nitrogen and oxygen atoms in total. The van der Waals surface area contributed by atoms with E-state index in [1.54, 1.807) is 12.3 Å². The third-order valence-electron chi connectivity index (χ3n) is 1.87. The Morgan fingerprint density at radius 2 is 2.36 bits per heavy atom. The molecule has 0 saturated heterocycles. The predicted octanol–water partition coefficient (Wildman–Crippen LogP) is 0.629. The zero-order chi connectivity index (χ0) is 10.4. The van der Waals surface area contributed by atoms with Crippen LogP contribution in [0.15, 0.2) is 17.1 Å². The number of aromatic nitrogens is 2. The van der Waals surface area contributed by atoms with Gasteiger partial charge in [-0.1, -0.05) is 0 Å². The maximum absolute atomic E-state index is 11.2. The average Bonchev–Trinajstić information content (AvgIpc) is 2.15. The largest absolute Gasteiger partial charge is 0.383 e. The van der Waals surface area contributed by atoms with Crippen molar-refractivity contribution in [1.82, 2.24) is 9.55 Å². The highest BCUT2D eigenvalue weighted by Crippen LogP contribution is 1.97. The van der Waals surface area contributed by atoms with Crippen LogP contribution in [0.3, 0.4) is 0 Å². The number of rotatable bonds is 4. The lowest BCUT2D eigenvalue weighted by atomic mass is 10.2. The zero-order valence-electron chi connectivity index (χ0n) is 7.94. The van der Waals surface area contributed by atoms with E-state index in [0.29, 0.717) is 6.54 Å². The monoisotopic (exact) mass is 191 g/mol. The fraction of sp³-hybridized carbons (Fsp3) is 0.400. The third-order valence-corrected chi connectivity index (χ3v) is 1.87. The Kier molecular flexibility index (Phi) is 3.74. The maximum Gasteiger partial charge on any atom is 0.349 e. The van der Waals surface area contributed by atoms with Crippen molar-refractivity contribution in [3.8, 4) is 12.3 Å². The quantitative estimate of drug-likeness (QED) is 0.561. The number of nitrogen functional groups attached to an aromatic ring is 1. The number of nitrogens with zero attached hydrogens (tertiary/aromatic N) is 2. The van der Waals surface area contributed by atoms with Gasteiger partial charge in [0, 0.05) is 19.2 Å². The van der Waals surface area contributed by atoms with Crippen molar-refractivity contribution in [3.05, 3.63) is 22.7 Å². The lowest BCUT2D eigenvalue weighted by Crippen LogP contribution is -2.23. The Labute approximate surface area is 82.8 Å². The molecule has 0 bridgehead atoms. The van der Waals surface area contributed by atoms with Gasteiger partial charge < -0.3 is 5.73 Å². The Hall–Kier alpha value is -1.76. The van der Waals surface area contributed by atoms with E-state index in [9.17, 15) is 4.79 Å². The molecule has 0 aromatic carbocycles. The fourth-order valence-electron chi connectivity index (χ4n) is 1.12. The highest BCUT2D eigenvalue weighted by molar-refractivity contribution is 5.23. The molecule has 0 aliphatic rings. The summed E-state index contributed by atoms with van der Waals surface area (Å²) in [5.74, 6) is 2.81. The number of unbranched alkanes of at least 4 members (excludes halogenated alkanes) is 2. The SMILES string of the molecule is C#CCCCCn1ccc(N)nc1=O. The first-order valence-corrected chi connectivity index (χ1v) is 4.50. The molecule has 0 unspecified atom stereocenters. The molecule has 0 amide bonds. The summed E-state index contributed by atoms with van der Waals surface area (Å²) >= 11 is 0. The van der Waals surface area contributed by atoms with E-state index in [-0.39, 0.29) is 11.5 Å². The second kappa shape index (κ2) is 5.07.